The summed E-state index contributed by atoms with van der Waals surface area (Å²) in [5.74, 6) is 4.02. The van der Waals surface area contributed by atoms with Crippen LogP contribution in [0, 0.1) is 11.8 Å². The number of carbonyl (C=O) groups is 2. The number of rotatable bonds is 6. The molecule has 3 rings (SSSR count). The third kappa shape index (κ3) is 7.23. The summed E-state index contributed by atoms with van der Waals surface area (Å²) >= 11 is 12.0. The van der Waals surface area contributed by atoms with Crippen LogP contribution in [0.15, 0.2) is 61.1 Å². The topological polar surface area (TPSA) is 107 Å². The Balaban J connectivity index is 0.00000363. The number of carbonyl (C=O) groups excluding carboxylic acids is 2. The van der Waals surface area contributed by atoms with Crippen LogP contribution in [0.4, 0.5) is 11.5 Å². The van der Waals surface area contributed by atoms with E-state index >= 15 is 0 Å². The maximum absolute atomic E-state index is 12.4. The number of carboxylic acids is 1. The molecule has 1 atom stereocenters. The van der Waals surface area contributed by atoms with E-state index in [0.29, 0.717) is 11.4 Å². The summed E-state index contributed by atoms with van der Waals surface area (Å²) in [5.41, 5.74) is 1.46. The van der Waals surface area contributed by atoms with E-state index in [1.54, 1.807) is 48.9 Å². The monoisotopic (exact) mass is 476 g/mol. The predicted molar refractivity (Wildman–Crippen MR) is 116 cm³/mol. The third-order valence-corrected chi connectivity index (χ3v) is 4.67. The fourth-order valence-corrected chi connectivity index (χ4v) is 3.11. The summed E-state index contributed by atoms with van der Waals surface area (Å²) in [5, 5.41) is 17.1. The zero-order valence-electron chi connectivity index (χ0n) is 16.9. The molecule has 0 saturated carbocycles. The van der Waals surface area contributed by atoms with Crippen molar-refractivity contribution in [1.82, 2.24) is 15.3 Å². The van der Waals surface area contributed by atoms with Crippen LogP contribution in [0.3, 0.4) is 0 Å². The average Bonchev–Trinajstić information content (AvgIpc) is 2.75. The Bertz CT molecular complexity index is 1130. The number of halogens is 2. The molecule has 0 aliphatic carbocycles. The molecule has 7 nitrogen and oxygen atoms in total. The first-order valence-electron chi connectivity index (χ1n) is 9.02. The molecule has 32 heavy (non-hydrogen) atoms. The standard InChI is InChI=1S/C22H16Cl2N4O3.Na/c23-16-4-2-5-17(24)20(16)21(29)28-18(22(30)31)6-1-3-14-7-9-15(10-8-14)27-19-13-25-11-12-26-19;/h2,4-5,7-13,18H,6H2,(H,26,27)(H,28,29)(H,30,31);/q;+1/p-1. The molecule has 0 aliphatic rings. The number of hydrogen-bond acceptors (Lipinski definition) is 6. The first-order valence-corrected chi connectivity index (χ1v) is 9.77. The first kappa shape index (κ1) is 25.7. The van der Waals surface area contributed by atoms with Crippen molar-refractivity contribution in [3.05, 3.63) is 82.2 Å². The molecule has 1 amide bonds. The van der Waals surface area contributed by atoms with E-state index < -0.39 is 17.9 Å². The Kier molecular flexibility index (Phi) is 9.97. The molecule has 0 fully saturated rings. The van der Waals surface area contributed by atoms with Crippen LogP contribution in [0.1, 0.15) is 22.3 Å². The third-order valence-electron chi connectivity index (χ3n) is 4.04. The SMILES string of the molecule is O=C(NC(CC#Cc1ccc(Nc2cnccn2)cc1)C(=O)[O-])c1c(Cl)cccc1Cl.[Na+]. The van der Waals surface area contributed by atoms with Crippen molar-refractivity contribution in [1.29, 1.82) is 0 Å². The number of benzene rings is 2. The molecule has 156 valence electrons. The molecule has 1 heterocycles. The molecule has 0 radical (unpaired) electrons. The van der Waals surface area contributed by atoms with Gasteiger partial charge in [-0.15, -0.1) is 0 Å². The van der Waals surface area contributed by atoms with E-state index in [1.165, 1.54) is 12.1 Å². The van der Waals surface area contributed by atoms with Crippen LogP contribution in [0.2, 0.25) is 10.0 Å². The van der Waals surface area contributed by atoms with Gasteiger partial charge in [-0.3, -0.25) is 9.78 Å². The van der Waals surface area contributed by atoms with Crippen LogP contribution in [-0.4, -0.2) is 27.9 Å². The molecule has 1 unspecified atom stereocenters. The number of hydrogen-bond donors (Lipinski definition) is 2. The van der Waals surface area contributed by atoms with Gasteiger partial charge in [0.15, 0.2) is 0 Å². The van der Waals surface area contributed by atoms with Crippen LogP contribution in [0.25, 0.3) is 0 Å². The number of amides is 1. The van der Waals surface area contributed by atoms with Gasteiger partial charge in [0.1, 0.15) is 5.82 Å². The fourth-order valence-electron chi connectivity index (χ4n) is 2.54. The van der Waals surface area contributed by atoms with E-state index in [0.717, 1.165) is 5.69 Å². The molecule has 0 spiro atoms. The summed E-state index contributed by atoms with van der Waals surface area (Å²) in [7, 11) is 0. The molecule has 0 bridgehead atoms. The number of aliphatic carboxylic acids is 1. The fraction of sp³-hybridized carbons (Fsp3) is 0.0909. The van der Waals surface area contributed by atoms with Crippen LogP contribution >= 0.6 is 23.2 Å². The first-order chi connectivity index (χ1) is 14.9. The van der Waals surface area contributed by atoms with Crippen molar-refractivity contribution < 1.29 is 44.3 Å². The van der Waals surface area contributed by atoms with E-state index in [2.05, 4.69) is 32.4 Å². The summed E-state index contributed by atoms with van der Waals surface area (Å²) in [6.45, 7) is 0. The molecule has 2 aromatic carbocycles. The minimum Gasteiger partial charge on any atom is -0.548 e. The average molecular weight is 477 g/mol. The second kappa shape index (κ2) is 12.4. The Labute approximate surface area is 216 Å². The summed E-state index contributed by atoms with van der Waals surface area (Å²) in [6.07, 6.45) is 4.59. The van der Waals surface area contributed by atoms with Crippen molar-refractivity contribution in [2.24, 2.45) is 0 Å². The number of anilines is 2. The maximum atomic E-state index is 12.4. The van der Waals surface area contributed by atoms with Crippen molar-refractivity contribution >= 4 is 46.6 Å². The van der Waals surface area contributed by atoms with Gasteiger partial charge < -0.3 is 20.5 Å². The second-order valence-electron chi connectivity index (χ2n) is 6.24. The van der Waals surface area contributed by atoms with Gasteiger partial charge in [0, 0.05) is 30.1 Å². The van der Waals surface area contributed by atoms with Gasteiger partial charge >= 0.3 is 29.6 Å². The Morgan fingerprint density at radius 1 is 1.06 bits per heavy atom. The van der Waals surface area contributed by atoms with Gasteiger partial charge in [-0.05, 0) is 36.4 Å². The molecule has 0 saturated heterocycles. The van der Waals surface area contributed by atoms with Crippen LogP contribution in [0.5, 0.6) is 0 Å². The van der Waals surface area contributed by atoms with E-state index in [4.69, 9.17) is 23.2 Å². The second-order valence-corrected chi connectivity index (χ2v) is 7.06. The Morgan fingerprint density at radius 3 is 2.34 bits per heavy atom. The minimum atomic E-state index is -1.46. The molecule has 3 aromatic rings. The van der Waals surface area contributed by atoms with Gasteiger partial charge in [0.05, 0.1) is 33.8 Å². The maximum Gasteiger partial charge on any atom is 1.00 e. The molecule has 0 aliphatic heterocycles. The van der Waals surface area contributed by atoms with Gasteiger partial charge in [-0.25, -0.2) is 4.98 Å². The van der Waals surface area contributed by atoms with E-state index in [1.807, 2.05) is 0 Å². The van der Waals surface area contributed by atoms with Crippen LogP contribution < -0.4 is 45.3 Å². The number of carboxylic acid groups (broad SMARTS) is 1. The summed E-state index contributed by atoms with van der Waals surface area (Å²) in [4.78, 5) is 31.9. The summed E-state index contributed by atoms with van der Waals surface area (Å²) in [6, 6.07) is 10.4. The largest absolute Gasteiger partial charge is 1.00 e. The Hall–Kier alpha value is -2.60. The van der Waals surface area contributed by atoms with Gasteiger partial charge in [-0.2, -0.15) is 0 Å². The normalized spacial score (nSPS) is 10.7. The predicted octanol–water partition coefficient (Wildman–Crippen LogP) is -0.179. The van der Waals surface area contributed by atoms with Gasteiger partial charge in [0.25, 0.3) is 5.91 Å². The number of aromatic nitrogens is 2. The zero-order valence-corrected chi connectivity index (χ0v) is 20.4. The number of nitrogens with one attached hydrogen (secondary N) is 2. The van der Waals surface area contributed by atoms with Crippen molar-refractivity contribution in [3.8, 4) is 11.8 Å². The zero-order chi connectivity index (χ0) is 22.2. The molecule has 1 aromatic heterocycles. The van der Waals surface area contributed by atoms with Gasteiger partial charge in [-0.1, -0.05) is 41.1 Å². The van der Waals surface area contributed by atoms with Gasteiger partial charge in [0.2, 0.25) is 0 Å². The molecule has 2 N–H and O–H groups in total. The van der Waals surface area contributed by atoms with E-state index in [-0.39, 0.29) is 51.6 Å². The van der Waals surface area contributed by atoms with E-state index in [9.17, 15) is 14.7 Å². The van der Waals surface area contributed by atoms with Crippen molar-refractivity contribution in [2.75, 3.05) is 5.32 Å². The minimum absolute atomic E-state index is 0. The van der Waals surface area contributed by atoms with Crippen molar-refractivity contribution in [2.45, 2.75) is 12.5 Å². The molecular formula is C22H15Cl2N4NaO3. The number of nitrogens with zero attached hydrogens (tertiary/aromatic N) is 2. The quantitative estimate of drug-likeness (QED) is 0.377. The van der Waals surface area contributed by atoms with Crippen LogP contribution in [-0.2, 0) is 4.79 Å². The summed E-state index contributed by atoms with van der Waals surface area (Å²) < 4.78 is 0. The smallest absolute Gasteiger partial charge is 0.548 e. The Morgan fingerprint density at radius 2 is 1.75 bits per heavy atom. The molecular weight excluding hydrogens is 462 g/mol. The van der Waals surface area contributed by atoms with Crippen molar-refractivity contribution in [3.63, 3.8) is 0 Å². The molecule has 10 heteroatoms.